The Bertz CT molecular complexity index is 403. The summed E-state index contributed by atoms with van der Waals surface area (Å²) in [6.07, 6.45) is 4.48. The molecule has 1 amide bonds. The van der Waals surface area contributed by atoms with E-state index in [-0.39, 0.29) is 6.04 Å². The minimum Gasteiger partial charge on any atom is -0.465 e. The molecule has 1 aromatic carbocycles. The number of benzene rings is 1. The molecule has 1 aliphatic heterocycles. The number of rotatable bonds is 4. The number of unbranched alkanes of at least 4 members (excludes halogenated alkanes) is 2. The van der Waals surface area contributed by atoms with Crippen molar-refractivity contribution in [2.75, 3.05) is 4.90 Å². The Hall–Kier alpha value is -1.51. The van der Waals surface area contributed by atoms with Crippen LogP contribution in [0.4, 0.5) is 10.5 Å². The molecule has 0 saturated carbocycles. The van der Waals surface area contributed by atoms with Crippen molar-refractivity contribution in [3.05, 3.63) is 29.8 Å². The van der Waals surface area contributed by atoms with Gasteiger partial charge in [-0.05, 0) is 24.5 Å². The van der Waals surface area contributed by atoms with Crippen molar-refractivity contribution >= 4 is 11.8 Å². The molecule has 2 rings (SSSR count). The largest absolute Gasteiger partial charge is 0.465 e. The molecule has 1 aliphatic rings. The maximum absolute atomic E-state index is 11.3. The zero-order valence-corrected chi connectivity index (χ0v) is 10.2. The quantitative estimate of drug-likeness (QED) is 0.806. The lowest BCUT2D eigenvalue weighted by atomic mass is 10.0. The first-order valence-electron chi connectivity index (χ1n) is 6.34. The Morgan fingerprint density at radius 2 is 2.18 bits per heavy atom. The van der Waals surface area contributed by atoms with Crippen molar-refractivity contribution in [2.45, 2.75) is 45.1 Å². The molecule has 1 unspecified atom stereocenters. The highest BCUT2D eigenvalue weighted by molar-refractivity contribution is 5.89. The average Bonchev–Trinajstić information content (AvgIpc) is 2.67. The molecule has 1 aromatic rings. The second kappa shape index (κ2) is 5.21. The van der Waals surface area contributed by atoms with E-state index in [1.165, 1.54) is 12.8 Å². The second-order valence-electron chi connectivity index (χ2n) is 4.64. The highest BCUT2D eigenvalue weighted by Crippen LogP contribution is 2.34. The molecule has 3 heteroatoms. The molecular formula is C14H19NO2. The number of fused-ring (bicyclic) bond motifs is 1. The van der Waals surface area contributed by atoms with Crippen LogP contribution in [0.1, 0.15) is 38.2 Å². The van der Waals surface area contributed by atoms with E-state index in [0.717, 1.165) is 30.5 Å². The Morgan fingerprint density at radius 1 is 1.41 bits per heavy atom. The van der Waals surface area contributed by atoms with Crippen LogP contribution in [-0.2, 0) is 6.42 Å². The number of para-hydroxylation sites is 1. The molecule has 17 heavy (non-hydrogen) atoms. The molecule has 0 fully saturated rings. The van der Waals surface area contributed by atoms with E-state index in [4.69, 9.17) is 0 Å². The molecule has 1 N–H and O–H groups in total. The van der Waals surface area contributed by atoms with Crippen LogP contribution in [0.15, 0.2) is 24.3 Å². The lowest BCUT2D eigenvalue weighted by molar-refractivity contribution is 0.199. The first-order valence-corrected chi connectivity index (χ1v) is 6.34. The van der Waals surface area contributed by atoms with E-state index in [1.54, 1.807) is 4.90 Å². The predicted octanol–water partition coefficient (Wildman–Crippen LogP) is 3.68. The van der Waals surface area contributed by atoms with Gasteiger partial charge in [-0.15, -0.1) is 0 Å². The number of hydrogen-bond donors (Lipinski definition) is 1. The number of carbonyl (C=O) groups is 1. The SMILES string of the molecule is CCCCCC1Cc2ccccc2N1C(=O)O. The summed E-state index contributed by atoms with van der Waals surface area (Å²) in [5, 5.41) is 9.31. The standard InChI is InChI=1S/C14H19NO2/c1-2-3-4-8-12-10-11-7-5-6-9-13(11)15(12)14(16)17/h5-7,9,12H,2-4,8,10H2,1H3,(H,16,17). The van der Waals surface area contributed by atoms with Gasteiger partial charge in [0.15, 0.2) is 0 Å². The van der Waals surface area contributed by atoms with Gasteiger partial charge in [0.2, 0.25) is 0 Å². The Morgan fingerprint density at radius 3 is 2.88 bits per heavy atom. The van der Waals surface area contributed by atoms with Crippen molar-refractivity contribution in [2.24, 2.45) is 0 Å². The van der Waals surface area contributed by atoms with Crippen LogP contribution >= 0.6 is 0 Å². The van der Waals surface area contributed by atoms with Crippen LogP contribution in [0.5, 0.6) is 0 Å². The van der Waals surface area contributed by atoms with E-state index in [0.29, 0.717) is 0 Å². The molecule has 3 nitrogen and oxygen atoms in total. The number of carboxylic acid groups (broad SMARTS) is 1. The van der Waals surface area contributed by atoms with Crippen molar-refractivity contribution in [3.8, 4) is 0 Å². The Labute approximate surface area is 102 Å². The van der Waals surface area contributed by atoms with Crippen molar-refractivity contribution < 1.29 is 9.90 Å². The topological polar surface area (TPSA) is 40.5 Å². The van der Waals surface area contributed by atoms with Crippen LogP contribution in [0.2, 0.25) is 0 Å². The number of nitrogens with zero attached hydrogens (tertiary/aromatic N) is 1. The van der Waals surface area contributed by atoms with Gasteiger partial charge in [-0.1, -0.05) is 44.4 Å². The van der Waals surface area contributed by atoms with E-state index in [2.05, 4.69) is 6.92 Å². The number of anilines is 1. The average molecular weight is 233 g/mol. The van der Waals surface area contributed by atoms with Gasteiger partial charge in [0.1, 0.15) is 0 Å². The van der Waals surface area contributed by atoms with Crippen molar-refractivity contribution in [1.29, 1.82) is 0 Å². The zero-order valence-electron chi connectivity index (χ0n) is 10.2. The highest BCUT2D eigenvalue weighted by atomic mass is 16.4. The van der Waals surface area contributed by atoms with Crippen LogP contribution in [-0.4, -0.2) is 17.2 Å². The second-order valence-corrected chi connectivity index (χ2v) is 4.64. The first kappa shape index (κ1) is 12.0. The smallest absolute Gasteiger partial charge is 0.412 e. The van der Waals surface area contributed by atoms with Crippen LogP contribution in [0.3, 0.4) is 0 Å². The third-order valence-electron chi connectivity index (χ3n) is 3.42. The Kier molecular flexibility index (Phi) is 3.67. The fourth-order valence-electron chi connectivity index (χ4n) is 2.58. The third-order valence-corrected chi connectivity index (χ3v) is 3.42. The molecule has 0 aromatic heterocycles. The van der Waals surface area contributed by atoms with E-state index in [9.17, 15) is 9.90 Å². The number of amides is 1. The van der Waals surface area contributed by atoms with Gasteiger partial charge in [-0.2, -0.15) is 0 Å². The summed E-state index contributed by atoms with van der Waals surface area (Å²) in [6, 6.07) is 7.96. The summed E-state index contributed by atoms with van der Waals surface area (Å²) in [4.78, 5) is 12.9. The summed E-state index contributed by atoms with van der Waals surface area (Å²) in [7, 11) is 0. The number of hydrogen-bond acceptors (Lipinski definition) is 1. The van der Waals surface area contributed by atoms with E-state index in [1.807, 2.05) is 24.3 Å². The van der Waals surface area contributed by atoms with E-state index < -0.39 is 6.09 Å². The normalized spacial score (nSPS) is 18.2. The van der Waals surface area contributed by atoms with Gasteiger partial charge < -0.3 is 5.11 Å². The summed E-state index contributed by atoms with van der Waals surface area (Å²) < 4.78 is 0. The third kappa shape index (κ3) is 2.43. The monoisotopic (exact) mass is 233 g/mol. The molecule has 1 heterocycles. The lowest BCUT2D eigenvalue weighted by Crippen LogP contribution is -2.36. The Balaban J connectivity index is 2.12. The summed E-state index contributed by atoms with van der Waals surface area (Å²) in [5.41, 5.74) is 2.04. The van der Waals surface area contributed by atoms with Gasteiger partial charge in [-0.3, -0.25) is 4.90 Å². The van der Waals surface area contributed by atoms with E-state index >= 15 is 0 Å². The van der Waals surface area contributed by atoms with Crippen molar-refractivity contribution in [3.63, 3.8) is 0 Å². The van der Waals surface area contributed by atoms with Gasteiger partial charge >= 0.3 is 6.09 Å². The maximum atomic E-state index is 11.3. The fourth-order valence-corrected chi connectivity index (χ4v) is 2.58. The van der Waals surface area contributed by atoms with Gasteiger partial charge in [0.25, 0.3) is 0 Å². The maximum Gasteiger partial charge on any atom is 0.412 e. The molecule has 0 spiro atoms. The molecule has 0 bridgehead atoms. The molecule has 0 radical (unpaired) electrons. The predicted molar refractivity (Wildman–Crippen MR) is 68.6 cm³/mol. The minimum atomic E-state index is -0.823. The van der Waals surface area contributed by atoms with Gasteiger partial charge in [0, 0.05) is 6.04 Å². The van der Waals surface area contributed by atoms with Gasteiger partial charge in [-0.25, -0.2) is 4.79 Å². The van der Waals surface area contributed by atoms with Gasteiger partial charge in [0.05, 0.1) is 5.69 Å². The van der Waals surface area contributed by atoms with Crippen molar-refractivity contribution in [1.82, 2.24) is 0 Å². The molecular weight excluding hydrogens is 214 g/mol. The van der Waals surface area contributed by atoms with Crippen LogP contribution in [0.25, 0.3) is 0 Å². The summed E-state index contributed by atoms with van der Waals surface area (Å²) >= 11 is 0. The molecule has 1 atom stereocenters. The fraction of sp³-hybridized carbons (Fsp3) is 0.500. The van der Waals surface area contributed by atoms with Crippen LogP contribution in [0, 0.1) is 0 Å². The zero-order chi connectivity index (χ0) is 12.3. The first-order chi connectivity index (χ1) is 8.24. The molecule has 92 valence electrons. The summed E-state index contributed by atoms with van der Waals surface area (Å²) in [5.74, 6) is 0. The summed E-state index contributed by atoms with van der Waals surface area (Å²) in [6.45, 7) is 2.17. The molecule has 0 aliphatic carbocycles. The highest BCUT2D eigenvalue weighted by Gasteiger charge is 2.32. The molecule has 0 saturated heterocycles. The lowest BCUT2D eigenvalue weighted by Gasteiger charge is -2.22. The minimum absolute atomic E-state index is 0.136. The van der Waals surface area contributed by atoms with Crippen LogP contribution < -0.4 is 4.90 Å².